The third-order valence-electron chi connectivity index (χ3n) is 6.15. The van der Waals surface area contributed by atoms with Gasteiger partial charge in [0.15, 0.2) is 0 Å². The van der Waals surface area contributed by atoms with Crippen molar-refractivity contribution in [3.05, 3.63) is 89.0 Å². The van der Waals surface area contributed by atoms with E-state index >= 15 is 0 Å². The molecule has 0 aromatic heterocycles. The molecular weight excluding hydrogens is 478 g/mol. The van der Waals surface area contributed by atoms with Crippen LogP contribution >= 0.6 is 0 Å². The van der Waals surface area contributed by atoms with Crippen molar-refractivity contribution in [2.24, 2.45) is 5.92 Å². The molecule has 0 saturated heterocycles. The molecule has 38 heavy (non-hydrogen) atoms. The van der Waals surface area contributed by atoms with Gasteiger partial charge in [0.1, 0.15) is 17.6 Å². The van der Waals surface area contributed by atoms with E-state index in [1.54, 1.807) is 25.1 Å². The van der Waals surface area contributed by atoms with Crippen molar-refractivity contribution in [1.29, 1.82) is 0 Å². The van der Waals surface area contributed by atoms with Crippen LogP contribution in [0.15, 0.2) is 66.7 Å². The van der Waals surface area contributed by atoms with Gasteiger partial charge in [-0.15, -0.1) is 0 Å². The molecule has 1 amide bonds. The molecule has 6 nitrogen and oxygen atoms in total. The summed E-state index contributed by atoms with van der Waals surface area (Å²) in [5.74, 6) is 1.26. The number of hydrogen-bond acceptors (Lipinski definition) is 5. The van der Waals surface area contributed by atoms with E-state index in [4.69, 9.17) is 14.2 Å². The summed E-state index contributed by atoms with van der Waals surface area (Å²) >= 11 is 0. The van der Waals surface area contributed by atoms with Crippen molar-refractivity contribution in [2.75, 3.05) is 18.5 Å². The van der Waals surface area contributed by atoms with E-state index in [9.17, 15) is 9.59 Å². The number of ether oxygens (including phenoxy) is 3. The highest BCUT2D eigenvalue weighted by atomic mass is 16.5. The summed E-state index contributed by atoms with van der Waals surface area (Å²) in [6, 6.07) is 21.3. The molecule has 0 heterocycles. The Balaban J connectivity index is 1.64. The van der Waals surface area contributed by atoms with Crippen LogP contribution in [-0.4, -0.2) is 25.1 Å². The molecule has 0 aliphatic carbocycles. The average molecular weight is 518 g/mol. The van der Waals surface area contributed by atoms with Gasteiger partial charge in [-0.2, -0.15) is 0 Å². The fourth-order valence-corrected chi connectivity index (χ4v) is 4.13. The number of para-hydroxylation sites is 1. The predicted molar refractivity (Wildman–Crippen MR) is 151 cm³/mol. The zero-order chi connectivity index (χ0) is 27.5. The third kappa shape index (κ3) is 8.37. The van der Waals surface area contributed by atoms with Crippen LogP contribution in [0.3, 0.4) is 0 Å². The number of carbonyl (C=O) groups excluding carboxylic acids is 2. The summed E-state index contributed by atoms with van der Waals surface area (Å²) in [4.78, 5) is 24.7. The smallest absolute Gasteiger partial charge is 0.305 e. The lowest BCUT2D eigenvalue weighted by Gasteiger charge is -2.19. The summed E-state index contributed by atoms with van der Waals surface area (Å²) in [5, 5.41) is 3.00. The monoisotopic (exact) mass is 517 g/mol. The van der Waals surface area contributed by atoms with E-state index < -0.39 is 0 Å². The van der Waals surface area contributed by atoms with Crippen LogP contribution in [0.2, 0.25) is 0 Å². The van der Waals surface area contributed by atoms with Gasteiger partial charge in [-0.25, -0.2) is 0 Å². The van der Waals surface area contributed by atoms with Crippen LogP contribution in [0.25, 0.3) is 0 Å². The second-order valence-corrected chi connectivity index (χ2v) is 9.74. The Morgan fingerprint density at radius 3 is 2.32 bits per heavy atom. The van der Waals surface area contributed by atoms with Gasteiger partial charge < -0.3 is 19.5 Å². The molecule has 0 aliphatic heterocycles. The standard InChI is InChI=1S/C32H39NO5/c1-6-36-31(34)15-10-20-37-30-13-8-7-11-27(30)32(35)33-28-12-9-14-29(23(28)4)38-24(5)26-18-16-25(17-19-26)21-22(2)3/h7-9,11-14,16-19,22,24H,6,10,15,20-21H2,1-5H3,(H,33,35). The highest BCUT2D eigenvalue weighted by Gasteiger charge is 2.16. The Hall–Kier alpha value is -3.80. The number of esters is 1. The summed E-state index contributed by atoms with van der Waals surface area (Å²) in [5.41, 5.74) is 4.35. The summed E-state index contributed by atoms with van der Waals surface area (Å²) in [7, 11) is 0. The van der Waals surface area contributed by atoms with E-state index in [0.29, 0.717) is 48.3 Å². The van der Waals surface area contributed by atoms with Gasteiger partial charge in [0.05, 0.1) is 18.8 Å². The Labute approximate surface area is 226 Å². The van der Waals surface area contributed by atoms with Crippen LogP contribution < -0.4 is 14.8 Å². The Morgan fingerprint density at radius 1 is 0.895 bits per heavy atom. The highest BCUT2D eigenvalue weighted by molar-refractivity contribution is 6.06. The van der Waals surface area contributed by atoms with Crippen LogP contribution in [0.5, 0.6) is 11.5 Å². The van der Waals surface area contributed by atoms with Gasteiger partial charge in [0.2, 0.25) is 0 Å². The van der Waals surface area contributed by atoms with Crippen molar-refractivity contribution in [1.82, 2.24) is 0 Å². The third-order valence-corrected chi connectivity index (χ3v) is 6.15. The van der Waals surface area contributed by atoms with Gasteiger partial charge in [-0.3, -0.25) is 9.59 Å². The fourth-order valence-electron chi connectivity index (χ4n) is 4.13. The highest BCUT2D eigenvalue weighted by Crippen LogP contribution is 2.31. The lowest BCUT2D eigenvalue weighted by Crippen LogP contribution is -2.15. The normalized spacial score (nSPS) is 11.6. The molecule has 3 rings (SSSR count). The largest absolute Gasteiger partial charge is 0.493 e. The molecular formula is C32H39NO5. The van der Waals surface area contributed by atoms with Crippen molar-refractivity contribution in [3.63, 3.8) is 0 Å². The molecule has 1 atom stereocenters. The maximum Gasteiger partial charge on any atom is 0.305 e. The van der Waals surface area contributed by atoms with Gasteiger partial charge in [-0.05, 0) is 74.9 Å². The van der Waals surface area contributed by atoms with Gasteiger partial charge in [0, 0.05) is 17.7 Å². The van der Waals surface area contributed by atoms with Crippen molar-refractivity contribution >= 4 is 17.6 Å². The zero-order valence-electron chi connectivity index (χ0n) is 23.1. The molecule has 1 unspecified atom stereocenters. The van der Waals surface area contributed by atoms with Crippen LogP contribution in [0.4, 0.5) is 5.69 Å². The minimum atomic E-state index is -0.278. The van der Waals surface area contributed by atoms with Crippen molar-refractivity contribution in [3.8, 4) is 11.5 Å². The second-order valence-electron chi connectivity index (χ2n) is 9.74. The maximum absolute atomic E-state index is 13.2. The van der Waals surface area contributed by atoms with Crippen LogP contribution in [0, 0.1) is 12.8 Å². The lowest BCUT2D eigenvalue weighted by molar-refractivity contribution is -0.143. The number of carbonyl (C=O) groups is 2. The molecule has 3 aromatic carbocycles. The van der Waals surface area contributed by atoms with E-state index in [0.717, 1.165) is 17.5 Å². The quantitative estimate of drug-likeness (QED) is 0.190. The van der Waals surface area contributed by atoms with E-state index in [1.165, 1.54) is 5.56 Å². The van der Waals surface area contributed by atoms with E-state index in [2.05, 4.69) is 43.4 Å². The summed E-state index contributed by atoms with van der Waals surface area (Å²) in [6.45, 7) is 10.8. The number of hydrogen-bond donors (Lipinski definition) is 1. The number of anilines is 1. The molecule has 3 aromatic rings. The molecule has 0 spiro atoms. The first-order chi connectivity index (χ1) is 18.3. The van der Waals surface area contributed by atoms with E-state index in [-0.39, 0.29) is 24.4 Å². The van der Waals surface area contributed by atoms with Gasteiger partial charge in [-0.1, -0.05) is 56.3 Å². The average Bonchev–Trinajstić information content (AvgIpc) is 2.89. The second kappa shape index (κ2) is 14.2. The first-order valence-electron chi connectivity index (χ1n) is 13.3. The number of nitrogens with one attached hydrogen (secondary N) is 1. The minimum absolute atomic E-state index is 0.142. The Kier molecular flexibility index (Phi) is 10.8. The SMILES string of the molecule is CCOC(=O)CCCOc1ccccc1C(=O)Nc1cccc(OC(C)c2ccc(CC(C)C)cc2)c1C. The summed E-state index contributed by atoms with van der Waals surface area (Å²) in [6.07, 6.45) is 1.69. The van der Waals surface area contributed by atoms with Gasteiger partial charge in [0.25, 0.3) is 5.91 Å². The van der Waals surface area contributed by atoms with Crippen LogP contribution in [-0.2, 0) is 16.0 Å². The van der Waals surface area contributed by atoms with E-state index in [1.807, 2.05) is 38.1 Å². The Morgan fingerprint density at radius 2 is 1.61 bits per heavy atom. The molecule has 0 fully saturated rings. The fraction of sp³-hybridized carbons (Fsp3) is 0.375. The lowest BCUT2D eigenvalue weighted by atomic mass is 10.0. The molecule has 0 aliphatic rings. The van der Waals surface area contributed by atoms with Gasteiger partial charge >= 0.3 is 5.97 Å². The molecule has 202 valence electrons. The molecule has 0 bridgehead atoms. The molecule has 0 radical (unpaired) electrons. The first-order valence-corrected chi connectivity index (χ1v) is 13.3. The molecule has 0 saturated carbocycles. The van der Waals surface area contributed by atoms with Crippen molar-refractivity contribution < 1.29 is 23.8 Å². The summed E-state index contributed by atoms with van der Waals surface area (Å²) < 4.78 is 17.0. The van der Waals surface area contributed by atoms with Crippen molar-refractivity contribution in [2.45, 2.75) is 60.0 Å². The topological polar surface area (TPSA) is 73.9 Å². The first kappa shape index (κ1) is 28.8. The molecule has 6 heteroatoms. The van der Waals surface area contributed by atoms with Crippen LogP contribution in [0.1, 0.15) is 73.7 Å². The number of benzene rings is 3. The number of amides is 1. The number of rotatable bonds is 13. The minimum Gasteiger partial charge on any atom is -0.493 e. The Bertz CT molecular complexity index is 1200. The zero-order valence-corrected chi connectivity index (χ0v) is 23.1. The predicted octanol–water partition coefficient (Wildman–Crippen LogP) is 7.31. The molecule has 1 N–H and O–H groups in total. The maximum atomic E-state index is 13.2.